The third-order valence-corrected chi connectivity index (χ3v) is 3.44. The molecule has 1 aliphatic carbocycles. The number of nitrogens with one attached hydrogen (secondary N) is 1. The second-order valence-corrected chi connectivity index (χ2v) is 4.61. The maximum atomic E-state index is 10.2. The lowest BCUT2D eigenvalue weighted by Gasteiger charge is -2.33. The summed E-state index contributed by atoms with van der Waals surface area (Å²) in [6.07, 6.45) is 7.40. The van der Waals surface area contributed by atoms with Crippen LogP contribution in [0, 0.1) is 0 Å². The van der Waals surface area contributed by atoms with Gasteiger partial charge in [0.1, 0.15) is 10.6 Å². The van der Waals surface area contributed by atoms with Crippen LogP contribution in [0.25, 0.3) is 0 Å². The van der Waals surface area contributed by atoms with Gasteiger partial charge in [-0.05, 0) is 19.3 Å². The van der Waals surface area contributed by atoms with Crippen LogP contribution in [-0.2, 0) is 0 Å². The van der Waals surface area contributed by atoms with Crippen LogP contribution in [0.15, 0.2) is 0 Å². The van der Waals surface area contributed by atoms with E-state index in [0.29, 0.717) is 4.99 Å². The van der Waals surface area contributed by atoms with Gasteiger partial charge in [-0.1, -0.05) is 44.8 Å². The third kappa shape index (κ3) is 3.21. The van der Waals surface area contributed by atoms with Crippen LogP contribution >= 0.6 is 12.2 Å². The fourth-order valence-corrected chi connectivity index (χ4v) is 2.21. The minimum Gasteiger partial charge on any atom is -0.383 e. The Morgan fingerprint density at radius 2 is 2.00 bits per heavy atom. The summed E-state index contributed by atoms with van der Waals surface area (Å²) in [7, 11) is 0. The Hall–Kier alpha value is -0.150. The van der Waals surface area contributed by atoms with Gasteiger partial charge < -0.3 is 10.4 Å². The van der Waals surface area contributed by atoms with Crippen LogP contribution in [-0.4, -0.2) is 22.2 Å². The molecule has 14 heavy (non-hydrogen) atoms. The fourth-order valence-electron chi connectivity index (χ4n) is 1.91. The molecule has 0 unspecified atom stereocenters. The SMILES string of the molecule is CCCCNC(=S)C1(O)CCCCC1. The first-order valence-electron chi connectivity index (χ1n) is 5.70. The number of aliphatic hydroxyl groups is 1. The lowest BCUT2D eigenvalue weighted by atomic mass is 9.85. The van der Waals surface area contributed by atoms with Crippen molar-refractivity contribution in [2.24, 2.45) is 0 Å². The van der Waals surface area contributed by atoms with E-state index in [1.807, 2.05) is 0 Å². The molecule has 0 saturated heterocycles. The summed E-state index contributed by atoms with van der Waals surface area (Å²) in [4.78, 5) is 0.672. The van der Waals surface area contributed by atoms with Crippen molar-refractivity contribution in [1.82, 2.24) is 5.32 Å². The highest BCUT2D eigenvalue weighted by Crippen LogP contribution is 2.28. The Balaban J connectivity index is 2.33. The zero-order valence-corrected chi connectivity index (χ0v) is 9.83. The van der Waals surface area contributed by atoms with Crippen LogP contribution < -0.4 is 5.32 Å². The van der Waals surface area contributed by atoms with Gasteiger partial charge in [0.15, 0.2) is 0 Å². The van der Waals surface area contributed by atoms with Crippen molar-refractivity contribution in [3.63, 3.8) is 0 Å². The van der Waals surface area contributed by atoms with Crippen LogP contribution in [0.2, 0.25) is 0 Å². The number of unbranched alkanes of at least 4 members (excludes halogenated alkanes) is 1. The van der Waals surface area contributed by atoms with Crippen LogP contribution in [0.3, 0.4) is 0 Å². The molecule has 0 radical (unpaired) electrons. The summed E-state index contributed by atoms with van der Waals surface area (Å²) in [5, 5.41) is 13.4. The molecule has 0 spiro atoms. The van der Waals surface area contributed by atoms with Crippen molar-refractivity contribution in [3.8, 4) is 0 Å². The monoisotopic (exact) mass is 215 g/mol. The van der Waals surface area contributed by atoms with Crippen molar-refractivity contribution in [3.05, 3.63) is 0 Å². The molecule has 0 aromatic carbocycles. The van der Waals surface area contributed by atoms with E-state index in [4.69, 9.17) is 12.2 Å². The molecule has 1 saturated carbocycles. The molecule has 0 atom stereocenters. The number of hydrogen-bond acceptors (Lipinski definition) is 2. The van der Waals surface area contributed by atoms with Crippen LogP contribution in [0.4, 0.5) is 0 Å². The van der Waals surface area contributed by atoms with E-state index in [1.165, 1.54) is 6.42 Å². The summed E-state index contributed by atoms with van der Waals surface area (Å²) >= 11 is 5.24. The lowest BCUT2D eigenvalue weighted by molar-refractivity contribution is 0.0701. The van der Waals surface area contributed by atoms with Gasteiger partial charge in [0.25, 0.3) is 0 Å². The molecule has 2 N–H and O–H groups in total. The minimum absolute atomic E-state index is 0.672. The summed E-state index contributed by atoms with van der Waals surface area (Å²) in [6.45, 7) is 3.05. The fraction of sp³-hybridized carbons (Fsp3) is 0.909. The van der Waals surface area contributed by atoms with E-state index in [-0.39, 0.29) is 0 Å². The van der Waals surface area contributed by atoms with E-state index in [2.05, 4.69) is 12.2 Å². The van der Waals surface area contributed by atoms with E-state index in [1.54, 1.807) is 0 Å². The average molecular weight is 215 g/mol. The normalized spacial score (nSPS) is 20.4. The molecule has 82 valence electrons. The van der Waals surface area contributed by atoms with Gasteiger partial charge in [-0.25, -0.2) is 0 Å². The molecule has 0 aromatic heterocycles. The summed E-state index contributed by atoms with van der Waals surface area (Å²) < 4.78 is 0. The molecule has 0 aromatic rings. The molecule has 1 rings (SSSR count). The molecular weight excluding hydrogens is 194 g/mol. The summed E-state index contributed by atoms with van der Waals surface area (Å²) in [5.74, 6) is 0. The second-order valence-electron chi connectivity index (χ2n) is 4.20. The Kier molecular flexibility index (Phi) is 4.82. The maximum Gasteiger partial charge on any atom is 0.114 e. The quantitative estimate of drug-likeness (QED) is 0.558. The highest BCUT2D eigenvalue weighted by atomic mass is 32.1. The van der Waals surface area contributed by atoms with Gasteiger partial charge in [-0.15, -0.1) is 0 Å². The molecule has 0 amide bonds. The van der Waals surface area contributed by atoms with E-state index in [0.717, 1.165) is 45.1 Å². The van der Waals surface area contributed by atoms with Crippen molar-refractivity contribution in [2.75, 3.05) is 6.54 Å². The summed E-state index contributed by atoms with van der Waals surface area (Å²) in [6, 6.07) is 0. The third-order valence-electron chi connectivity index (χ3n) is 2.92. The van der Waals surface area contributed by atoms with Gasteiger partial charge in [0.05, 0.1) is 0 Å². The molecule has 0 aliphatic heterocycles. The number of thiocarbonyl (C=S) groups is 1. The maximum absolute atomic E-state index is 10.2. The highest BCUT2D eigenvalue weighted by Gasteiger charge is 2.33. The first-order valence-corrected chi connectivity index (χ1v) is 6.10. The van der Waals surface area contributed by atoms with Gasteiger partial charge in [-0.2, -0.15) is 0 Å². The molecule has 3 heteroatoms. The Morgan fingerprint density at radius 1 is 1.36 bits per heavy atom. The standard InChI is InChI=1S/C11H21NOS/c1-2-3-9-12-10(14)11(13)7-5-4-6-8-11/h13H,2-9H2,1H3,(H,12,14). The van der Waals surface area contributed by atoms with Crippen molar-refractivity contribution in [2.45, 2.75) is 57.5 Å². The topological polar surface area (TPSA) is 32.3 Å². The van der Waals surface area contributed by atoms with Gasteiger partial charge in [-0.3, -0.25) is 0 Å². The molecule has 0 bridgehead atoms. The molecular formula is C11H21NOS. The first kappa shape index (κ1) is 11.9. The van der Waals surface area contributed by atoms with Crippen LogP contribution in [0.1, 0.15) is 51.9 Å². The van der Waals surface area contributed by atoms with E-state index >= 15 is 0 Å². The van der Waals surface area contributed by atoms with Gasteiger partial charge >= 0.3 is 0 Å². The average Bonchev–Trinajstić information content (AvgIpc) is 2.19. The first-order chi connectivity index (χ1) is 6.69. The molecule has 0 heterocycles. The Bertz CT molecular complexity index is 188. The number of rotatable bonds is 4. The molecule has 1 fully saturated rings. The second kappa shape index (κ2) is 5.66. The molecule has 1 aliphatic rings. The van der Waals surface area contributed by atoms with Crippen molar-refractivity contribution < 1.29 is 5.11 Å². The van der Waals surface area contributed by atoms with E-state index in [9.17, 15) is 5.11 Å². The van der Waals surface area contributed by atoms with Gasteiger partial charge in [0, 0.05) is 6.54 Å². The largest absolute Gasteiger partial charge is 0.383 e. The zero-order chi connectivity index (χ0) is 10.4. The minimum atomic E-state index is -0.693. The highest BCUT2D eigenvalue weighted by molar-refractivity contribution is 7.80. The Morgan fingerprint density at radius 3 is 2.57 bits per heavy atom. The predicted molar refractivity (Wildman–Crippen MR) is 63.5 cm³/mol. The Labute approximate surface area is 92.1 Å². The van der Waals surface area contributed by atoms with Gasteiger partial charge in [0.2, 0.25) is 0 Å². The van der Waals surface area contributed by atoms with Crippen LogP contribution in [0.5, 0.6) is 0 Å². The number of hydrogen-bond donors (Lipinski definition) is 2. The lowest BCUT2D eigenvalue weighted by Crippen LogP contribution is -2.47. The summed E-state index contributed by atoms with van der Waals surface area (Å²) in [5.41, 5.74) is -0.693. The molecule has 2 nitrogen and oxygen atoms in total. The van der Waals surface area contributed by atoms with E-state index < -0.39 is 5.60 Å². The smallest absolute Gasteiger partial charge is 0.114 e. The van der Waals surface area contributed by atoms with Crippen molar-refractivity contribution >= 4 is 17.2 Å². The van der Waals surface area contributed by atoms with Crippen molar-refractivity contribution in [1.29, 1.82) is 0 Å². The zero-order valence-electron chi connectivity index (χ0n) is 9.01. The predicted octanol–water partition coefficient (Wildman–Crippen LogP) is 2.40.